The van der Waals surface area contributed by atoms with Crippen LogP contribution in [0.15, 0.2) is 0 Å². The van der Waals surface area contributed by atoms with Crippen LogP contribution < -0.4 is 0 Å². The smallest absolute Gasteiger partial charge is 0.00448 e. The predicted octanol–water partition coefficient (Wildman–Crippen LogP) is 2.52. The normalized spacial score (nSPS) is 23.2. The minimum atomic E-state index is 0.671. The summed E-state index contributed by atoms with van der Waals surface area (Å²) in [5.74, 6) is 0. The van der Waals surface area contributed by atoms with Crippen LogP contribution >= 0.6 is 0 Å². The Labute approximate surface area is 70.8 Å². The molecule has 0 atom stereocenters. The lowest BCUT2D eigenvalue weighted by Crippen LogP contribution is -2.52. The van der Waals surface area contributed by atoms with Gasteiger partial charge in [-0.2, -0.15) is 0 Å². The molecule has 1 rings (SSSR count). The Balaban J connectivity index is 2.07. The van der Waals surface area contributed by atoms with E-state index in [0.29, 0.717) is 5.41 Å². The van der Waals surface area contributed by atoms with Gasteiger partial charge in [-0.1, -0.05) is 33.1 Å². The Morgan fingerprint density at radius 1 is 1.27 bits per heavy atom. The van der Waals surface area contributed by atoms with E-state index in [-0.39, 0.29) is 0 Å². The van der Waals surface area contributed by atoms with Crippen molar-refractivity contribution in [3.63, 3.8) is 0 Å². The number of hydrogen-bond donors (Lipinski definition) is 0. The molecule has 0 spiro atoms. The first kappa shape index (κ1) is 9.05. The molecule has 66 valence electrons. The van der Waals surface area contributed by atoms with Gasteiger partial charge in [0.2, 0.25) is 0 Å². The second-order valence-corrected chi connectivity index (χ2v) is 4.44. The van der Waals surface area contributed by atoms with E-state index in [0.717, 1.165) is 0 Å². The zero-order chi connectivity index (χ0) is 8.32. The van der Waals surface area contributed by atoms with Crippen LogP contribution in [0.25, 0.3) is 0 Å². The molecular weight excluding hydrogens is 134 g/mol. The van der Waals surface area contributed by atoms with Gasteiger partial charge in [0.15, 0.2) is 0 Å². The third-order valence-electron chi connectivity index (χ3n) is 2.69. The van der Waals surface area contributed by atoms with Crippen molar-refractivity contribution >= 4 is 0 Å². The Bertz CT molecular complexity index is 114. The third-order valence-corrected chi connectivity index (χ3v) is 2.69. The molecule has 1 fully saturated rings. The van der Waals surface area contributed by atoms with E-state index in [1.165, 1.54) is 38.8 Å². The van der Waals surface area contributed by atoms with Crippen LogP contribution in [0.3, 0.4) is 0 Å². The lowest BCUT2D eigenvalue weighted by molar-refractivity contribution is 0.0295. The van der Waals surface area contributed by atoms with Gasteiger partial charge in [-0.05, 0) is 18.9 Å². The molecular formula is C10H21N. The fourth-order valence-corrected chi connectivity index (χ4v) is 2.22. The second kappa shape index (κ2) is 3.57. The Morgan fingerprint density at radius 3 is 2.36 bits per heavy atom. The molecule has 11 heavy (non-hydrogen) atoms. The van der Waals surface area contributed by atoms with Crippen molar-refractivity contribution in [2.45, 2.75) is 39.5 Å². The number of rotatable bonds is 4. The van der Waals surface area contributed by atoms with Crippen LogP contribution in [0.4, 0.5) is 0 Å². The van der Waals surface area contributed by atoms with E-state index < -0.39 is 0 Å². The standard InChI is InChI=1S/C10H21N/c1-4-5-6-7-10(2)8-11(3)9-10/h4-9H2,1-3H3. The first-order valence-corrected chi connectivity index (χ1v) is 4.85. The molecule has 0 aromatic carbocycles. The molecule has 1 heteroatoms. The quantitative estimate of drug-likeness (QED) is 0.564. The fourth-order valence-electron chi connectivity index (χ4n) is 2.22. The van der Waals surface area contributed by atoms with Gasteiger partial charge in [-0.15, -0.1) is 0 Å². The van der Waals surface area contributed by atoms with E-state index in [9.17, 15) is 0 Å². The summed E-state index contributed by atoms with van der Waals surface area (Å²) in [7, 11) is 2.21. The number of likely N-dealkylation sites (tertiary alicyclic amines) is 1. The van der Waals surface area contributed by atoms with Crippen molar-refractivity contribution < 1.29 is 0 Å². The van der Waals surface area contributed by atoms with E-state index in [1.807, 2.05) is 0 Å². The Morgan fingerprint density at radius 2 is 1.91 bits per heavy atom. The predicted molar refractivity (Wildman–Crippen MR) is 49.7 cm³/mol. The van der Waals surface area contributed by atoms with Crippen molar-refractivity contribution in [1.29, 1.82) is 0 Å². The van der Waals surface area contributed by atoms with E-state index in [4.69, 9.17) is 0 Å². The van der Waals surface area contributed by atoms with Crippen molar-refractivity contribution in [3.8, 4) is 0 Å². The van der Waals surface area contributed by atoms with Crippen LogP contribution in [0.1, 0.15) is 39.5 Å². The molecule has 0 radical (unpaired) electrons. The van der Waals surface area contributed by atoms with E-state index >= 15 is 0 Å². The maximum Gasteiger partial charge on any atom is 0.00448 e. The maximum absolute atomic E-state index is 2.42. The highest BCUT2D eigenvalue weighted by atomic mass is 15.2. The van der Waals surface area contributed by atoms with Crippen LogP contribution in [0, 0.1) is 5.41 Å². The van der Waals surface area contributed by atoms with Crippen LogP contribution in [-0.4, -0.2) is 25.0 Å². The molecule has 1 aliphatic rings. The van der Waals surface area contributed by atoms with Gasteiger partial charge in [0.05, 0.1) is 0 Å². The fraction of sp³-hybridized carbons (Fsp3) is 1.00. The van der Waals surface area contributed by atoms with Crippen molar-refractivity contribution in [1.82, 2.24) is 4.90 Å². The van der Waals surface area contributed by atoms with Gasteiger partial charge in [0.25, 0.3) is 0 Å². The maximum atomic E-state index is 2.42. The zero-order valence-corrected chi connectivity index (χ0v) is 8.19. The molecule has 0 amide bonds. The average molecular weight is 155 g/mol. The van der Waals surface area contributed by atoms with Gasteiger partial charge < -0.3 is 4.90 Å². The van der Waals surface area contributed by atoms with Gasteiger partial charge >= 0.3 is 0 Å². The first-order chi connectivity index (χ1) is 5.16. The number of hydrogen-bond acceptors (Lipinski definition) is 1. The summed E-state index contributed by atoms with van der Waals surface area (Å²) in [5.41, 5.74) is 0.671. The van der Waals surface area contributed by atoms with Gasteiger partial charge in [0, 0.05) is 13.1 Å². The van der Waals surface area contributed by atoms with E-state index in [2.05, 4.69) is 25.8 Å². The summed E-state index contributed by atoms with van der Waals surface area (Å²) in [5, 5.41) is 0. The Hall–Kier alpha value is -0.0400. The summed E-state index contributed by atoms with van der Waals surface area (Å²) in [4.78, 5) is 2.41. The highest BCUT2D eigenvalue weighted by Gasteiger charge is 2.35. The molecule has 1 nitrogen and oxygen atoms in total. The highest BCUT2D eigenvalue weighted by Crippen LogP contribution is 2.33. The number of nitrogens with zero attached hydrogens (tertiary/aromatic N) is 1. The molecule has 0 aromatic rings. The van der Waals surface area contributed by atoms with E-state index in [1.54, 1.807) is 0 Å². The molecule has 1 heterocycles. The minimum Gasteiger partial charge on any atom is -0.305 e. The van der Waals surface area contributed by atoms with Gasteiger partial charge in [-0.25, -0.2) is 0 Å². The summed E-state index contributed by atoms with van der Waals surface area (Å²) in [6.07, 6.45) is 5.64. The van der Waals surface area contributed by atoms with Crippen LogP contribution in [0.2, 0.25) is 0 Å². The summed E-state index contributed by atoms with van der Waals surface area (Å²) in [6, 6.07) is 0. The highest BCUT2D eigenvalue weighted by molar-refractivity contribution is 4.88. The third kappa shape index (κ3) is 2.48. The second-order valence-electron chi connectivity index (χ2n) is 4.44. The minimum absolute atomic E-state index is 0.671. The van der Waals surface area contributed by atoms with Crippen molar-refractivity contribution in [2.24, 2.45) is 5.41 Å². The van der Waals surface area contributed by atoms with Gasteiger partial charge in [-0.3, -0.25) is 0 Å². The molecule has 0 N–H and O–H groups in total. The lowest BCUT2D eigenvalue weighted by Gasteiger charge is -2.46. The molecule has 0 aromatic heterocycles. The van der Waals surface area contributed by atoms with Crippen LogP contribution in [-0.2, 0) is 0 Å². The molecule has 0 bridgehead atoms. The molecule has 0 saturated carbocycles. The molecule has 0 unspecified atom stereocenters. The Kier molecular flexibility index (Phi) is 2.94. The van der Waals surface area contributed by atoms with Crippen LogP contribution in [0.5, 0.6) is 0 Å². The monoisotopic (exact) mass is 155 g/mol. The summed E-state index contributed by atoms with van der Waals surface area (Å²) < 4.78 is 0. The van der Waals surface area contributed by atoms with Gasteiger partial charge in [0.1, 0.15) is 0 Å². The topological polar surface area (TPSA) is 3.24 Å². The number of unbranched alkanes of at least 4 members (excludes halogenated alkanes) is 2. The molecule has 1 saturated heterocycles. The largest absolute Gasteiger partial charge is 0.305 e. The van der Waals surface area contributed by atoms with Crippen molar-refractivity contribution in [3.05, 3.63) is 0 Å². The lowest BCUT2D eigenvalue weighted by atomic mass is 9.78. The summed E-state index contributed by atoms with van der Waals surface area (Å²) in [6.45, 7) is 7.32. The van der Waals surface area contributed by atoms with Crippen molar-refractivity contribution in [2.75, 3.05) is 20.1 Å². The molecule has 0 aliphatic carbocycles. The summed E-state index contributed by atoms with van der Waals surface area (Å²) >= 11 is 0. The zero-order valence-electron chi connectivity index (χ0n) is 8.19. The SMILES string of the molecule is CCCCCC1(C)CN(C)C1. The molecule has 1 aliphatic heterocycles. The average Bonchev–Trinajstić information content (AvgIpc) is 1.85. The first-order valence-electron chi connectivity index (χ1n) is 4.85.